The molecule has 0 aliphatic rings. The zero-order chi connectivity index (χ0) is 15.3. The maximum absolute atomic E-state index is 11.9. The first kappa shape index (κ1) is 16.3. The van der Waals surface area contributed by atoms with Gasteiger partial charge in [-0.25, -0.2) is 4.21 Å². The normalized spacial score (nSPS) is 13.8. The van der Waals surface area contributed by atoms with Crippen LogP contribution in [0.2, 0.25) is 0 Å². The fraction of sp³-hybridized carbons (Fsp3) is 0.333. The smallest absolute Gasteiger partial charge is 0.323 e. The number of hydroxylamine groups is 2. The number of anilines is 1. The van der Waals surface area contributed by atoms with Crippen molar-refractivity contribution in [1.82, 2.24) is 5.06 Å². The van der Waals surface area contributed by atoms with Crippen LogP contribution in [0.15, 0.2) is 29.2 Å². The lowest BCUT2D eigenvalue weighted by molar-refractivity contribution is -0.153. The summed E-state index contributed by atoms with van der Waals surface area (Å²) in [6, 6.07) is 5.30. The van der Waals surface area contributed by atoms with E-state index in [1.165, 1.54) is 33.0 Å². The van der Waals surface area contributed by atoms with E-state index in [-0.39, 0.29) is 5.91 Å². The molecule has 2 unspecified atom stereocenters. The average Bonchev–Trinajstić information content (AvgIpc) is 2.37. The number of nitrogens with zero attached hydrogens (tertiary/aromatic N) is 1. The number of benzene rings is 1. The first-order chi connectivity index (χ1) is 9.31. The molecule has 0 saturated carbocycles. The van der Waals surface area contributed by atoms with Gasteiger partial charge in [-0.2, -0.15) is 9.35 Å². The number of likely N-dealkylation sites (N-methyl/N-ethyl adjacent to an activating group) is 1. The summed E-state index contributed by atoms with van der Waals surface area (Å²) >= 11 is -1.82. The molecule has 110 valence electrons. The van der Waals surface area contributed by atoms with Crippen LogP contribution in [0.4, 0.5) is 5.69 Å². The van der Waals surface area contributed by atoms with Gasteiger partial charge in [-0.3, -0.25) is 9.59 Å². The molecule has 1 aromatic carbocycles. The number of hydrogen-bond acceptors (Lipinski definition) is 5. The van der Waals surface area contributed by atoms with Gasteiger partial charge in [0, 0.05) is 19.7 Å². The van der Waals surface area contributed by atoms with Crippen LogP contribution in [-0.4, -0.2) is 39.3 Å². The molecule has 0 spiro atoms. The summed E-state index contributed by atoms with van der Waals surface area (Å²) in [6.45, 7) is 2.80. The van der Waals surface area contributed by atoms with Gasteiger partial charge in [-0.15, -0.1) is 0 Å². The molecular formula is C12H16N2O5S. The molecular weight excluding hydrogens is 284 g/mol. The Labute approximate surface area is 119 Å². The lowest BCUT2D eigenvalue weighted by Crippen LogP contribution is -2.36. The van der Waals surface area contributed by atoms with E-state index in [2.05, 4.69) is 5.32 Å². The molecule has 0 fully saturated rings. The van der Waals surface area contributed by atoms with Crippen molar-refractivity contribution in [2.75, 3.05) is 12.4 Å². The van der Waals surface area contributed by atoms with Gasteiger partial charge in [0.15, 0.2) is 0 Å². The number of carboxylic acids is 1. The third-order valence-corrected chi connectivity index (χ3v) is 3.48. The van der Waals surface area contributed by atoms with Gasteiger partial charge in [0.1, 0.15) is 6.04 Å². The molecule has 0 bridgehead atoms. The molecule has 8 heteroatoms. The second-order valence-corrected chi connectivity index (χ2v) is 5.17. The molecule has 0 saturated heterocycles. The molecule has 0 aliphatic heterocycles. The number of nitrogens with one attached hydrogen (secondary N) is 1. The predicted molar refractivity (Wildman–Crippen MR) is 73.1 cm³/mol. The van der Waals surface area contributed by atoms with Gasteiger partial charge in [0.25, 0.3) is 0 Å². The van der Waals surface area contributed by atoms with Gasteiger partial charge >= 0.3 is 5.97 Å². The van der Waals surface area contributed by atoms with Crippen LogP contribution in [-0.2, 0) is 25.0 Å². The first-order valence-corrected chi connectivity index (χ1v) is 6.82. The topological polar surface area (TPSA) is 95.9 Å². The van der Waals surface area contributed by atoms with Crippen LogP contribution >= 0.6 is 0 Å². The molecule has 0 aliphatic carbocycles. The molecule has 0 heterocycles. The molecule has 0 aromatic heterocycles. The van der Waals surface area contributed by atoms with Crippen molar-refractivity contribution < 1.29 is 23.2 Å². The minimum Gasteiger partial charge on any atom is -0.480 e. The van der Waals surface area contributed by atoms with Crippen molar-refractivity contribution in [3.8, 4) is 0 Å². The first-order valence-electron chi connectivity index (χ1n) is 5.74. The van der Waals surface area contributed by atoms with Crippen LogP contribution < -0.4 is 5.32 Å². The molecule has 1 aromatic rings. The SMILES string of the molecule is CC(=O)Nc1ccc(S(=O)ON(C)C(C)C(=O)O)cc1. The van der Waals surface area contributed by atoms with Gasteiger partial charge in [-0.1, -0.05) is 0 Å². The third-order valence-electron chi connectivity index (χ3n) is 2.46. The van der Waals surface area contributed by atoms with Crippen molar-refractivity contribution in [2.45, 2.75) is 24.8 Å². The lowest BCUT2D eigenvalue weighted by atomic mass is 10.3. The van der Waals surface area contributed by atoms with E-state index < -0.39 is 23.1 Å². The third kappa shape index (κ3) is 4.72. The summed E-state index contributed by atoms with van der Waals surface area (Å²) in [4.78, 5) is 22.0. The van der Waals surface area contributed by atoms with Crippen molar-refractivity contribution in [3.63, 3.8) is 0 Å². The summed E-state index contributed by atoms with van der Waals surface area (Å²) < 4.78 is 16.9. The van der Waals surface area contributed by atoms with E-state index in [1.54, 1.807) is 12.1 Å². The number of hydrogen-bond donors (Lipinski definition) is 2. The predicted octanol–water partition coefficient (Wildman–Crippen LogP) is 1.00. The zero-order valence-corrected chi connectivity index (χ0v) is 12.1. The highest BCUT2D eigenvalue weighted by Gasteiger charge is 2.20. The van der Waals surface area contributed by atoms with E-state index in [1.807, 2.05) is 0 Å². The van der Waals surface area contributed by atoms with E-state index in [0.717, 1.165) is 5.06 Å². The van der Waals surface area contributed by atoms with Gasteiger partial charge < -0.3 is 10.4 Å². The highest BCUT2D eigenvalue weighted by molar-refractivity contribution is 7.80. The maximum Gasteiger partial charge on any atom is 0.323 e. The number of carbonyl (C=O) groups is 2. The zero-order valence-electron chi connectivity index (χ0n) is 11.3. The van der Waals surface area contributed by atoms with Crippen LogP contribution in [0, 0.1) is 0 Å². The summed E-state index contributed by atoms with van der Waals surface area (Å²) in [5.74, 6) is -1.28. The number of aliphatic carboxylic acids is 1. The number of carbonyl (C=O) groups excluding carboxylic acids is 1. The fourth-order valence-corrected chi connectivity index (χ4v) is 2.01. The standard InChI is InChI=1S/C12H16N2O5S/c1-8(12(16)17)14(3)19-20(18)11-6-4-10(5-7-11)13-9(2)15/h4-8H,1-3H3,(H,13,15)(H,16,17). The highest BCUT2D eigenvalue weighted by Crippen LogP contribution is 2.14. The maximum atomic E-state index is 11.9. The Balaban J connectivity index is 2.68. The Hall–Kier alpha value is -1.77. The van der Waals surface area contributed by atoms with Gasteiger partial charge in [0.05, 0.1) is 4.90 Å². The summed E-state index contributed by atoms with van der Waals surface area (Å²) in [5.41, 5.74) is 0.575. The number of rotatable bonds is 6. The van der Waals surface area contributed by atoms with Crippen molar-refractivity contribution >= 4 is 28.6 Å². The average molecular weight is 300 g/mol. The van der Waals surface area contributed by atoms with E-state index >= 15 is 0 Å². The summed E-state index contributed by atoms with van der Waals surface area (Å²) in [7, 11) is 1.39. The molecule has 2 N–H and O–H groups in total. The molecule has 7 nitrogen and oxygen atoms in total. The molecule has 20 heavy (non-hydrogen) atoms. The summed E-state index contributed by atoms with van der Waals surface area (Å²) in [5, 5.41) is 12.4. The molecule has 0 radical (unpaired) electrons. The quantitative estimate of drug-likeness (QED) is 0.761. The highest BCUT2D eigenvalue weighted by atomic mass is 32.2. The van der Waals surface area contributed by atoms with E-state index in [9.17, 15) is 13.8 Å². The molecule has 2 atom stereocenters. The largest absolute Gasteiger partial charge is 0.480 e. The van der Waals surface area contributed by atoms with Crippen molar-refractivity contribution in [3.05, 3.63) is 24.3 Å². The van der Waals surface area contributed by atoms with E-state index in [0.29, 0.717) is 10.6 Å². The fourth-order valence-electron chi connectivity index (χ4n) is 1.22. The number of carboxylic acid groups (broad SMARTS) is 1. The monoisotopic (exact) mass is 300 g/mol. The van der Waals surface area contributed by atoms with Crippen LogP contribution in [0.25, 0.3) is 0 Å². The Kier molecular flexibility index (Phi) is 5.81. The van der Waals surface area contributed by atoms with Crippen molar-refractivity contribution in [1.29, 1.82) is 0 Å². The lowest BCUT2D eigenvalue weighted by Gasteiger charge is -2.19. The number of amides is 1. The van der Waals surface area contributed by atoms with Gasteiger partial charge in [0.2, 0.25) is 17.0 Å². The van der Waals surface area contributed by atoms with Crippen LogP contribution in [0.5, 0.6) is 0 Å². The van der Waals surface area contributed by atoms with Crippen molar-refractivity contribution in [2.24, 2.45) is 0 Å². The second kappa shape index (κ2) is 7.13. The van der Waals surface area contributed by atoms with Gasteiger partial charge in [-0.05, 0) is 31.2 Å². The Morgan fingerprint density at radius 3 is 2.35 bits per heavy atom. The van der Waals surface area contributed by atoms with Crippen LogP contribution in [0.1, 0.15) is 13.8 Å². The Morgan fingerprint density at radius 2 is 1.90 bits per heavy atom. The minimum atomic E-state index is -1.82. The minimum absolute atomic E-state index is 0.204. The Morgan fingerprint density at radius 1 is 1.35 bits per heavy atom. The second-order valence-electron chi connectivity index (χ2n) is 4.08. The molecule has 1 amide bonds. The molecule has 1 rings (SSSR count). The van der Waals surface area contributed by atoms with E-state index in [4.69, 9.17) is 9.39 Å². The Bertz CT molecular complexity index is 517. The summed E-state index contributed by atoms with van der Waals surface area (Å²) in [6.07, 6.45) is 0. The van der Waals surface area contributed by atoms with Crippen LogP contribution in [0.3, 0.4) is 0 Å².